The van der Waals surface area contributed by atoms with Crippen LogP contribution in [0.3, 0.4) is 0 Å². The number of primary sulfonamides is 1. The first kappa shape index (κ1) is 11.7. The maximum Gasteiger partial charge on any atom is 0.238 e. The molecule has 3 nitrogen and oxygen atoms in total. The standard InChI is InChI=1S/C10H7Cl2NO2S/c11-7-3-1-2-6-9(16(13,14)15)5-4-8(12)10(6)7/h1-5H,(H2,13,14,15). The first-order valence-corrected chi connectivity index (χ1v) is 6.61. The Hall–Kier alpha value is -0.810. The molecule has 0 saturated heterocycles. The minimum Gasteiger partial charge on any atom is -0.225 e. The zero-order valence-corrected chi connectivity index (χ0v) is 10.3. The van der Waals surface area contributed by atoms with Gasteiger partial charge in [0.25, 0.3) is 0 Å². The van der Waals surface area contributed by atoms with E-state index in [4.69, 9.17) is 28.3 Å². The van der Waals surface area contributed by atoms with Gasteiger partial charge >= 0.3 is 0 Å². The van der Waals surface area contributed by atoms with Gasteiger partial charge in [-0.25, -0.2) is 13.6 Å². The van der Waals surface area contributed by atoms with Crippen LogP contribution in [0.4, 0.5) is 0 Å². The van der Waals surface area contributed by atoms with E-state index >= 15 is 0 Å². The number of halogens is 2. The summed E-state index contributed by atoms with van der Waals surface area (Å²) in [7, 11) is -3.78. The number of nitrogens with two attached hydrogens (primary N) is 1. The SMILES string of the molecule is NS(=O)(=O)c1ccc(Cl)c2c(Cl)cccc12. The summed E-state index contributed by atoms with van der Waals surface area (Å²) in [5, 5.41) is 6.83. The van der Waals surface area contributed by atoms with Gasteiger partial charge in [-0.05, 0) is 18.2 Å². The smallest absolute Gasteiger partial charge is 0.225 e. The Bertz CT molecular complexity index is 660. The highest BCUT2D eigenvalue weighted by molar-refractivity contribution is 7.89. The molecule has 0 aromatic heterocycles. The summed E-state index contributed by atoms with van der Waals surface area (Å²) in [4.78, 5) is 0.0226. The molecule has 0 saturated carbocycles. The Kier molecular flexibility index (Phi) is 2.84. The van der Waals surface area contributed by atoms with E-state index in [9.17, 15) is 8.42 Å². The molecule has 0 unspecified atom stereocenters. The third-order valence-electron chi connectivity index (χ3n) is 2.21. The number of hydrogen-bond acceptors (Lipinski definition) is 2. The van der Waals surface area contributed by atoms with Crippen LogP contribution in [-0.4, -0.2) is 8.42 Å². The number of sulfonamides is 1. The number of benzene rings is 2. The van der Waals surface area contributed by atoms with E-state index in [-0.39, 0.29) is 4.90 Å². The molecule has 0 aliphatic heterocycles. The number of hydrogen-bond donors (Lipinski definition) is 1. The zero-order valence-electron chi connectivity index (χ0n) is 7.94. The fourth-order valence-electron chi connectivity index (χ4n) is 1.54. The van der Waals surface area contributed by atoms with Gasteiger partial charge in [0, 0.05) is 20.8 Å². The average Bonchev–Trinajstić information content (AvgIpc) is 2.16. The van der Waals surface area contributed by atoms with Crippen LogP contribution in [-0.2, 0) is 10.0 Å². The van der Waals surface area contributed by atoms with Crippen molar-refractivity contribution in [2.75, 3.05) is 0 Å². The first-order chi connectivity index (χ1) is 7.41. The normalized spacial score (nSPS) is 11.9. The molecule has 0 bridgehead atoms. The number of fused-ring (bicyclic) bond motifs is 1. The van der Waals surface area contributed by atoms with Crippen molar-refractivity contribution in [3.8, 4) is 0 Å². The van der Waals surface area contributed by atoms with Crippen LogP contribution in [0.2, 0.25) is 10.0 Å². The van der Waals surface area contributed by atoms with E-state index in [0.29, 0.717) is 20.8 Å². The molecule has 84 valence electrons. The number of rotatable bonds is 1. The molecule has 2 aromatic carbocycles. The van der Waals surface area contributed by atoms with E-state index in [0.717, 1.165) is 0 Å². The summed E-state index contributed by atoms with van der Waals surface area (Å²) in [5.74, 6) is 0. The monoisotopic (exact) mass is 275 g/mol. The second kappa shape index (κ2) is 3.89. The second-order valence-electron chi connectivity index (χ2n) is 3.25. The van der Waals surface area contributed by atoms with Gasteiger partial charge in [-0.3, -0.25) is 0 Å². The Morgan fingerprint density at radius 3 is 2.25 bits per heavy atom. The van der Waals surface area contributed by atoms with Crippen molar-refractivity contribution >= 4 is 44.0 Å². The lowest BCUT2D eigenvalue weighted by Crippen LogP contribution is -2.12. The molecule has 0 amide bonds. The van der Waals surface area contributed by atoms with Gasteiger partial charge in [0.05, 0.1) is 4.90 Å². The van der Waals surface area contributed by atoms with Crippen molar-refractivity contribution in [2.24, 2.45) is 5.14 Å². The average molecular weight is 276 g/mol. The van der Waals surface area contributed by atoms with Crippen LogP contribution < -0.4 is 5.14 Å². The predicted octanol–water partition coefficient (Wildman–Crippen LogP) is 2.79. The van der Waals surface area contributed by atoms with Gasteiger partial charge < -0.3 is 0 Å². The molecule has 2 aromatic rings. The summed E-state index contributed by atoms with van der Waals surface area (Å²) in [6.07, 6.45) is 0. The molecule has 0 fully saturated rings. The minimum atomic E-state index is -3.78. The third kappa shape index (κ3) is 1.89. The van der Waals surface area contributed by atoms with E-state index in [1.807, 2.05) is 0 Å². The molecule has 0 spiro atoms. The van der Waals surface area contributed by atoms with Gasteiger partial charge in [0.15, 0.2) is 0 Å². The maximum absolute atomic E-state index is 11.4. The lowest BCUT2D eigenvalue weighted by Gasteiger charge is -2.07. The van der Waals surface area contributed by atoms with Crippen molar-refractivity contribution in [3.63, 3.8) is 0 Å². The van der Waals surface area contributed by atoms with Crippen molar-refractivity contribution in [1.29, 1.82) is 0 Å². The van der Waals surface area contributed by atoms with Crippen molar-refractivity contribution in [1.82, 2.24) is 0 Å². The third-order valence-corrected chi connectivity index (χ3v) is 3.80. The van der Waals surface area contributed by atoms with E-state index in [1.54, 1.807) is 18.2 Å². The van der Waals surface area contributed by atoms with Crippen LogP contribution >= 0.6 is 23.2 Å². The first-order valence-electron chi connectivity index (χ1n) is 4.31. The molecule has 0 atom stereocenters. The van der Waals surface area contributed by atoms with Crippen LogP contribution in [0.15, 0.2) is 35.2 Å². The van der Waals surface area contributed by atoms with Gasteiger partial charge in [-0.2, -0.15) is 0 Å². The highest BCUT2D eigenvalue weighted by atomic mass is 35.5. The zero-order chi connectivity index (χ0) is 11.9. The Morgan fingerprint density at radius 1 is 1.00 bits per heavy atom. The highest BCUT2D eigenvalue weighted by Crippen LogP contribution is 2.33. The summed E-state index contributed by atoms with van der Waals surface area (Å²) in [5.41, 5.74) is 0. The fraction of sp³-hybridized carbons (Fsp3) is 0. The summed E-state index contributed by atoms with van der Waals surface area (Å²) in [6.45, 7) is 0. The Balaban J connectivity index is 3.02. The molecule has 0 aliphatic rings. The van der Waals surface area contributed by atoms with E-state index in [1.165, 1.54) is 12.1 Å². The van der Waals surface area contributed by atoms with Gasteiger partial charge in [-0.15, -0.1) is 0 Å². The summed E-state index contributed by atoms with van der Waals surface area (Å²) < 4.78 is 22.7. The van der Waals surface area contributed by atoms with Gasteiger partial charge in [0.2, 0.25) is 10.0 Å². The summed E-state index contributed by atoms with van der Waals surface area (Å²) >= 11 is 11.9. The van der Waals surface area contributed by atoms with Crippen molar-refractivity contribution in [3.05, 3.63) is 40.4 Å². The largest absolute Gasteiger partial charge is 0.238 e. The van der Waals surface area contributed by atoms with Crippen molar-refractivity contribution in [2.45, 2.75) is 4.90 Å². The Morgan fingerprint density at radius 2 is 1.62 bits per heavy atom. The van der Waals surface area contributed by atoms with E-state index < -0.39 is 10.0 Å². The highest BCUT2D eigenvalue weighted by Gasteiger charge is 2.15. The molecule has 0 heterocycles. The Labute approximate surface area is 103 Å². The second-order valence-corrected chi connectivity index (χ2v) is 5.60. The topological polar surface area (TPSA) is 60.2 Å². The molecular weight excluding hydrogens is 269 g/mol. The molecule has 16 heavy (non-hydrogen) atoms. The molecule has 0 radical (unpaired) electrons. The lowest BCUT2D eigenvalue weighted by molar-refractivity contribution is 0.598. The molecular formula is C10H7Cl2NO2S. The molecule has 0 aliphatic carbocycles. The molecule has 2 rings (SSSR count). The van der Waals surface area contributed by atoms with Crippen molar-refractivity contribution < 1.29 is 8.42 Å². The van der Waals surface area contributed by atoms with Crippen LogP contribution in [0, 0.1) is 0 Å². The quantitative estimate of drug-likeness (QED) is 0.870. The van der Waals surface area contributed by atoms with Crippen LogP contribution in [0.5, 0.6) is 0 Å². The molecule has 6 heteroatoms. The lowest BCUT2D eigenvalue weighted by atomic mass is 10.1. The predicted molar refractivity (Wildman–Crippen MR) is 65.3 cm³/mol. The van der Waals surface area contributed by atoms with E-state index in [2.05, 4.69) is 0 Å². The summed E-state index contributed by atoms with van der Waals surface area (Å²) in [6, 6.07) is 7.75. The van der Waals surface area contributed by atoms with Gasteiger partial charge in [0.1, 0.15) is 0 Å². The molecule has 2 N–H and O–H groups in total. The van der Waals surface area contributed by atoms with Gasteiger partial charge in [-0.1, -0.05) is 35.3 Å². The minimum absolute atomic E-state index is 0.0226. The van der Waals surface area contributed by atoms with Crippen LogP contribution in [0.1, 0.15) is 0 Å². The van der Waals surface area contributed by atoms with Crippen LogP contribution in [0.25, 0.3) is 10.8 Å². The fourth-order valence-corrected chi connectivity index (χ4v) is 2.87. The maximum atomic E-state index is 11.4.